The third-order valence-corrected chi connectivity index (χ3v) is 1.22. The normalized spacial score (nSPS) is 13.1. The summed E-state index contributed by atoms with van der Waals surface area (Å²) in [7, 11) is 18.9. The van der Waals surface area contributed by atoms with Gasteiger partial charge in [0.2, 0.25) is 6.33 Å². The molecular weight excluding hydrogens is 285 g/mol. The zero-order valence-electron chi connectivity index (χ0n) is 7.74. The molecule has 0 saturated heterocycles. The van der Waals surface area contributed by atoms with Gasteiger partial charge in [-0.15, -0.1) is 0 Å². The fraction of sp³-hybridized carbons (Fsp3) is 0.500. The van der Waals surface area contributed by atoms with Gasteiger partial charge < -0.3 is 45.3 Å². The van der Waals surface area contributed by atoms with E-state index in [1.165, 1.54) is 0 Å². The van der Waals surface area contributed by atoms with E-state index in [-0.39, 0.29) is 0 Å². The van der Waals surface area contributed by atoms with E-state index < -0.39 is 15.6 Å². The first-order valence-electron chi connectivity index (χ1n) is 3.78. The molecule has 1 rings (SSSR count). The molecule has 3 nitrogen and oxygen atoms in total. The standard InChI is InChI=1S/C6H11N2O.Al.4ClH/c1-6(9)8-4-3-7(2)5-8;;;;;/h3-6,9H,1-2H3;;4*1H/q+1;+3;;;;/p-4. The molecular formula is C6H11AlCl4N2O. The van der Waals surface area contributed by atoms with Crippen LogP contribution in [0.25, 0.3) is 0 Å². The van der Waals surface area contributed by atoms with Gasteiger partial charge in [-0.25, -0.2) is 9.13 Å². The molecule has 1 heterocycles. The molecule has 0 aromatic carbocycles. The lowest BCUT2D eigenvalue weighted by Crippen LogP contribution is -2.34. The van der Waals surface area contributed by atoms with Crippen molar-refractivity contribution in [3.05, 3.63) is 18.7 Å². The van der Waals surface area contributed by atoms with E-state index in [1.54, 1.807) is 11.5 Å². The van der Waals surface area contributed by atoms with Gasteiger partial charge >= 0.3 is 9.39 Å². The number of imidazole rings is 1. The van der Waals surface area contributed by atoms with E-state index in [0.717, 1.165) is 0 Å². The van der Waals surface area contributed by atoms with Gasteiger partial charge in [0, 0.05) is 6.92 Å². The van der Waals surface area contributed by atoms with Crippen LogP contribution in [-0.2, 0) is 7.05 Å². The Labute approximate surface area is 102 Å². The van der Waals surface area contributed by atoms with E-state index in [4.69, 9.17) is 45.3 Å². The number of hydrogen-bond donors (Lipinski definition) is 1. The lowest BCUT2D eigenvalue weighted by Gasteiger charge is -1.97. The van der Waals surface area contributed by atoms with E-state index >= 15 is 0 Å². The van der Waals surface area contributed by atoms with Crippen molar-refractivity contribution in [2.45, 2.75) is 13.2 Å². The third kappa shape index (κ3) is 9.42. The lowest BCUT2D eigenvalue weighted by molar-refractivity contribution is -0.755. The number of aryl methyl sites for hydroxylation is 1. The Bertz CT molecular complexity index is 267. The summed E-state index contributed by atoms with van der Waals surface area (Å²) in [5.74, 6) is 0. The number of aliphatic hydroxyl groups excluding tert-OH is 1. The summed E-state index contributed by atoms with van der Waals surface area (Å²) in [5.41, 5.74) is 0. The maximum Gasteiger partial charge on any atom is 0.564 e. The lowest BCUT2D eigenvalue weighted by atomic mass is 10.6. The van der Waals surface area contributed by atoms with Crippen molar-refractivity contribution in [3.8, 4) is 0 Å². The second kappa shape index (κ2) is 6.45. The van der Waals surface area contributed by atoms with Crippen molar-refractivity contribution < 1.29 is 9.67 Å². The van der Waals surface area contributed by atoms with Crippen LogP contribution >= 0.6 is 40.2 Å². The van der Waals surface area contributed by atoms with Crippen LogP contribution in [0.2, 0.25) is 0 Å². The second-order valence-corrected chi connectivity index (χ2v) is 15.5. The molecule has 0 amide bonds. The van der Waals surface area contributed by atoms with Gasteiger partial charge in [-0.1, -0.05) is 0 Å². The highest BCUT2D eigenvalue weighted by atomic mass is 35.9. The van der Waals surface area contributed by atoms with Crippen molar-refractivity contribution >= 4 is 49.6 Å². The van der Waals surface area contributed by atoms with Gasteiger partial charge in [-0.05, 0) is 0 Å². The average Bonchev–Trinajstić information content (AvgIpc) is 2.31. The first-order chi connectivity index (χ1) is 6.20. The summed E-state index contributed by atoms with van der Waals surface area (Å²) in [5, 5.41) is 8.99. The van der Waals surface area contributed by atoms with E-state index in [1.807, 2.05) is 30.3 Å². The summed E-state index contributed by atoms with van der Waals surface area (Å²) < 4.78 is 3.60. The van der Waals surface area contributed by atoms with Crippen LogP contribution in [-0.4, -0.2) is 19.1 Å². The summed E-state index contributed by atoms with van der Waals surface area (Å²) in [6.07, 6.45) is 5.10. The predicted octanol–water partition coefficient (Wildman–Crippen LogP) is 2.20. The van der Waals surface area contributed by atoms with E-state index in [9.17, 15) is 0 Å². The monoisotopic (exact) mass is 294 g/mol. The second-order valence-electron chi connectivity index (χ2n) is 2.65. The minimum Gasteiger partial charge on any atom is -0.391 e. The third-order valence-electron chi connectivity index (χ3n) is 1.22. The Hall–Kier alpha value is 0.862. The number of rotatable bonds is 1. The molecule has 1 aromatic heterocycles. The maximum atomic E-state index is 8.99. The molecule has 0 saturated carbocycles. The summed E-state index contributed by atoms with van der Waals surface area (Å²) in [6.45, 7) is 1.72. The smallest absolute Gasteiger partial charge is 0.391 e. The topological polar surface area (TPSA) is 29.0 Å². The molecule has 0 radical (unpaired) electrons. The van der Waals surface area contributed by atoms with Crippen LogP contribution in [0.1, 0.15) is 13.2 Å². The Balaban J connectivity index is 0.000000292. The van der Waals surface area contributed by atoms with Gasteiger partial charge in [0.05, 0.1) is 7.05 Å². The van der Waals surface area contributed by atoms with Crippen molar-refractivity contribution in [1.29, 1.82) is 0 Å². The molecule has 1 N–H and O–H groups in total. The Morgan fingerprint density at radius 2 is 1.79 bits per heavy atom. The largest absolute Gasteiger partial charge is 0.564 e. The number of aromatic nitrogens is 2. The fourth-order valence-corrected chi connectivity index (χ4v) is 0.690. The summed E-state index contributed by atoms with van der Waals surface area (Å²) in [6, 6.07) is 0. The Morgan fingerprint density at radius 1 is 1.36 bits per heavy atom. The maximum absolute atomic E-state index is 8.99. The van der Waals surface area contributed by atoms with Gasteiger partial charge in [0.25, 0.3) is 0 Å². The van der Waals surface area contributed by atoms with Crippen molar-refractivity contribution in [2.75, 3.05) is 0 Å². The number of halogens is 4. The van der Waals surface area contributed by atoms with Gasteiger partial charge in [-0.3, -0.25) is 0 Å². The van der Waals surface area contributed by atoms with Crippen molar-refractivity contribution in [2.24, 2.45) is 7.05 Å². The van der Waals surface area contributed by atoms with Crippen molar-refractivity contribution in [1.82, 2.24) is 4.57 Å². The molecule has 0 aliphatic rings. The zero-order valence-corrected chi connectivity index (χ0v) is 11.9. The van der Waals surface area contributed by atoms with Crippen LogP contribution in [0.3, 0.4) is 0 Å². The average molecular weight is 296 g/mol. The molecule has 0 aliphatic heterocycles. The van der Waals surface area contributed by atoms with Crippen LogP contribution in [0.5, 0.6) is 0 Å². The van der Waals surface area contributed by atoms with Crippen LogP contribution in [0.15, 0.2) is 18.7 Å². The first kappa shape index (κ1) is 14.9. The van der Waals surface area contributed by atoms with Gasteiger partial charge in [0.15, 0.2) is 6.23 Å². The van der Waals surface area contributed by atoms with Crippen LogP contribution in [0, 0.1) is 0 Å². The molecule has 8 heteroatoms. The molecule has 0 aliphatic carbocycles. The predicted molar refractivity (Wildman–Crippen MR) is 61.7 cm³/mol. The minimum atomic E-state index is -2.94. The molecule has 82 valence electrons. The fourth-order valence-electron chi connectivity index (χ4n) is 0.690. The molecule has 1 aromatic rings. The molecule has 1 atom stereocenters. The first-order valence-corrected chi connectivity index (χ1v) is 10.8. The Morgan fingerprint density at radius 3 is 1.93 bits per heavy atom. The number of aliphatic hydroxyl groups is 1. The van der Waals surface area contributed by atoms with Gasteiger partial charge in [0.1, 0.15) is 12.4 Å². The highest BCUT2D eigenvalue weighted by molar-refractivity contribution is 7.81. The SMILES string of the molecule is CC(O)[n+]1ccn(C)c1.[Cl][Al-]([Cl])([Cl])[Cl]. The molecule has 14 heavy (non-hydrogen) atoms. The summed E-state index contributed by atoms with van der Waals surface area (Å²) in [4.78, 5) is 0. The number of nitrogens with zero attached hydrogens (tertiary/aromatic N) is 2. The molecule has 0 bridgehead atoms. The highest BCUT2D eigenvalue weighted by Crippen LogP contribution is 2.23. The zero-order chi connectivity index (χ0) is 11.4. The van der Waals surface area contributed by atoms with Crippen LogP contribution < -0.4 is 4.57 Å². The summed E-state index contributed by atoms with van der Waals surface area (Å²) >= 11 is 0. The van der Waals surface area contributed by atoms with Crippen molar-refractivity contribution in [3.63, 3.8) is 0 Å². The minimum absolute atomic E-state index is 0.425. The quantitative estimate of drug-likeness (QED) is 0.625. The molecule has 1 unspecified atom stereocenters. The van der Waals surface area contributed by atoms with Gasteiger partial charge in [-0.2, -0.15) is 0 Å². The van der Waals surface area contributed by atoms with Crippen LogP contribution in [0.4, 0.5) is 0 Å². The highest BCUT2D eigenvalue weighted by Gasteiger charge is 2.14. The molecule has 0 spiro atoms. The Kier molecular flexibility index (Phi) is 6.84. The van der Waals surface area contributed by atoms with E-state index in [0.29, 0.717) is 0 Å². The molecule has 0 fully saturated rings. The van der Waals surface area contributed by atoms with E-state index in [2.05, 4.69) is 0 Å². The number of hydrogen-bond acceptors (Lipinski definition) is 1.